The Morgan fingerprint density at radius 1 is 1.10 bits per heavy atom. The maximum absolute atomic E-state index is 9.15. The van der Waals surface area contributed by atoms with Crippen molar-refractivity contribution in [2.45, 2.75) is 13.5 Å². The quantitative estimate of drug-likeness (QED) is 0.905. The lowest BCUT2D eigenvalue weighted by Crippen LogP contribution is -1.96. The van der Waals surface area contributed by atoms with E-state index in [1.807, 2.05) is 25.1 Å². The van der Waals surface area contributed by atoms with Gasteiger partial charge in [-0.2, -0.15) is 5.26 Å². The molecule has 0 bridgehead atoms. The van der Waals surface area contributed by atoms with Crippen LogP contribution in [0.25, 0.3) is 0 Å². The number of rotatable bonds is 5. The smallest absolute Gasteiger partial charge is 0.169 e. The van der Waals surface area contributed by atoms with Crippen molar-refractivity contribution in [3.8, 4) is 23.3 Å². The third-order valence-corrected chi connectivity index (χ3v) is 2.72. The lowest BCUT2D eigenvalue weighted by Gasteiger charge is -2.12. The molecule has 0 unspecified atom stereocenters. The number of nitrogens with zero attached hydrogens (tertiary/aromatic N) is 1. The number of aliphatic hydroxyl groups excluding tert-OH is 1. The number of para-hydroxylation sites is 2. The molecule has 0 fully saturated rings. The molecule has 2 aromatic carbocycles. The fourth-order valence-corrected chi connectivity index (χ4v) is 1.78. The van der Waals surface area contributed by atoms with Crippen molar-refractivity contribution in [2.75, 3.05) is 6.61 Å². The predicted octanol–water partition coefficient (Wildman–Crippen LogP) is 3.24. The van der Waals surface area contributed by atoms with Crippen molar-refractivity contribution < 1.29 is 14.6 Å². The Balaban J connectivity index is 2.33. The van der Waals surface area contributed by atoms with Gasteiger partial charge in [0, 0.05) is 0 Å². The van der Waals surface area contributed by atoms with Crippen LogP contribution in [-0.2, 0) is 6.61 Å². The second kappa shape index (κ2) is 6.60. The zero-order chi connectivity index (χ0) is 14.4. The number of ether oxygens (including phenoxy) is 2. The highest BCUT2D eigenvalue weighted by Gasteiger charge is 2.09. The first-order valence-corrected chi connectivity index (χ1v) is 6.32. The zero-order valence-corrected chi connectivity index (χ0v) is 11.2. The topological polar surface area (TPSA) is 62.5 Å². The minimum Gasteiger partial charge on any atom is -0.490 e. The van der Waals surface area contributed by atoms with Crippen LogP contribution < -0.4 is 9.47 Å². The molecule has 0 aliphatic carbocycles. The molecule has 102 valence electrons. The molecule has 4 nitrogen and oxygen atoms in total. The molecule has 0 amide bonds. The summed E-state index contributed by atoms with van der Waals surface area (Å²) in [5.74, 6) is 1.63. The summed E-state index contributed by atoms with van der Waals surface area (Å²) in [5.41, 5.74) is 1.05. The summed E-state index contributed by atoms with van der Waals surface area (Å²) in [6, 6.07) is 14.4. The van der Waals surface area contributed by atoms with Crippen LogP contribution in [0.1, 0.15) is 18.1 Å². The highest BCUT2D eigenvalue weighted by atomic mass is 16.5. The van der Waals surface area contributed by atoms with E-state index >= 15 is 0 Å². The molecule has 0 aliphatic heterocycles. The Kier molecular flexibility index (Phi) is 4.59. The van der Waals surface area contributed by atoms with E-state index in [2.05, 4.69) is 6.07 Å². The first kappa shape index (κ1) is 13.9. The molecular weight excluding hydrogens is 254 g/mol. The lowest BCUT2D eigenvalue weighted by molar-refractivity contribution is 0.281. The van der Waals surface area contributed by atoms with Crippen molar-refractivity contribution in [1.29, 1.82) is 5.26 Å². The van der Waals surface area contributed by atoms with E-state index in [9.17, 15) is 0 Å². The molecule has 0 heterocycles. The Morgan fingerprint density at radius 3 is 2.50 bits per heavy atom. The molecule has 0 spiro atoms. The lowest BCUT2D eigenvalue weighted by atomic mass is 10.1. The van der Waals surface area contributed by atoms with Gasteiger partial charge in [-0.3, -0.25) is 0 Å². The molecule has 0 saturated carbocycles. The minimum atomic E-state index is -0.107. The van der Waals surface area contributed by atoms with E-state index in [-0.39, 0.29) is 6.61 Å². The van der Waals surface area contributed by atoms with Crippen LogP contribution in [-0.4, -0.2) is 11.7 Å². The molecule has 2 rings (SSSR count). The summed E-state index contributed by atoms with van der Waals surface area (Å²) < 4.78 is 11.2. The summed E-state index contributed by atoms with van der Waals surface area (Å²) in [6.45, 7) is 2.33. The molecule has 2 aromatic rings. The maximum Gasteiger partial charge on any atom is 0.169 e. The average Bonchev–Trinajstić information content (AvgIpc) is 2.50. The first-order valence-electron chi connectivity index (χ1n) is 6.32. The van der Waals surface area contributed by atoms with Gasteiger partial charge in [0.2, 0.25) is 0 Å². The Bertz CT molecular complexity index is 632. The minimum absolute atomic E-state index is 0.107. The molecule has 1 N–H and O–H groups in total. The van der Waals surface area contributed by atoms with Crippen LogP contribution in [0.4, 0.5) is 0 Å². The summed E-state index contributed by atoms with van der Waals surface area (Å²) in [6.07, 6.45) is 0. The highest BCUT2D eigenvalue weighted by molar-refractivity contribution is 5.49. The van der Waals surface area contributed by atoms with Gasteiger partial charge in [-0.25, -0.2) is 0 Å². The number of nitriles is 1. The Labute approximate surface area is 117 Å². The standard InChI is InChI=1S/C16H15NO3/c1-2-19-15-5-3-4-6-16(15)20-14-8-7-12(11-18)9-13(14)10-17/h3-9,18H,2,11H2,1H3. The molecule has 4 heteroatoms. The van der Waals surface area contributed by atoms with Crippen molar-refractivity contribution in [1.82, 2.24) is 0 Å². The van der Waals surface area contributed by atoms with Crippen molar-refractivity contribution >= 4 is 0 Å². The van der Waals surface area contributed by atoms with Gasteiger partial charge in [0.25, 0.3) is 0 Å². The van der Waals surface area contributed by atoms with Gasteiger partial charge in [-0.15, -0.1) is 0 Å². The fraction of sp³-hybridized carbons (Fsp3) is 0.188. The molecule has 20 heavy (non-hydrogen) atoms. The van der Waals surface area contributed by atoms with Crippen LogP contribution in [0, 0.1) is 11.3 Å². The van der Waals surface area contributed by atoms with E-state index in [1.165, 1.54) is 0 Å². The first-order chi connectivity index (χ1) is 9.78. The van der Waals surface area contributed by atoms with E-state index in [4.69, 9.17) is 19.8 Å². The molecule has 0 saturated heterocycles. The summed E-state index contributed by atoms with van der Waals surface area (Å²) in [5, 5.41) is 18.2. The van der Waals surface area contributed by atoms with Crippen molar-refractivity contribution in [3.63, 3.8) is 0 Å². The Hall–Kier alpha value is -2.51. The van der Waals surface area contributed by atoms with Crippen LogP contribution in [0.3, 0.4) is 0 Å². The van der Waals surface area contributed by atoms with Crippen molar-refractivity contribution in [2.24, 2.45) is 0 Å². The third-order valence-electron chi connectivity index (χ3n) is 2.72. The third kappa shape index (κ3) is 3.08. The second-order valence-corrected chi connectivity index (χ2v) is 4.08. The van der Waals surface area contributed by atoms with Gasteiger partial charge in [-0.1, -0.05) is 18.2 Å². The SMILES string of the molecule is CCOc1ccccc1Oc1ccc(CO)cc1C#N. The highest BCUT2D eigenvalue weighted by Crippen LogP contribution is 2.33. The van der Waals surface area contributed by atoms with E-state index in [1.54, 1.807) is 24.3 Å². The zero-order valence-electron chi connectivity index (χ0n) is 11.2. The normalized spacial score (nSPS) is 9.85. The van der Waals surface area contributed by atoms with E-state index in [0.29, 0.717) is 35.0 Å². The molecule has 0 atom stereocenters. The number of benzene rings is 2. The van der Waals surface area contributed by atoms with E-state index < -0.39 is 0 Å². The van der Waals surface area contributed by atoms with E-state index in [0.717, 1.165) is 0 Å². The largest absolute Gasteiger partial charge is 0.490 e. The second-order valence-electron chi connectivity index (χ2n) is 4.08. The van der Waals surface area contributed by atoms with Crippen molar-refractivity contribution in [3.05, 3.63) is 53.6 Å². The van der Waals surface area contributed by atoms with Gasteiger partial charge in [0.15, 0.2) is 11.5 Å². The average molecular weight is 269 g/mol. The monoisotopic (exact) mass is 269 g/mol. The van der Waals surface area contributed by atoms with Crippen LogP contribution in [0.5, 0.6) is 17.2 Å². The molecule has 0 aromatic heterocycles. The predicted molar refractivity (Wildman–Crippen MR) is 74.8 cm³/mol. The van der Waals surface area contributed by atoms with Gasteiger partial charge in [-0.05, 0) is 36.8 Å². The number of aliphatic hydroxyl groups is 1. The van der Waals surface area contributed by atoms with Crippen LogP contribution in [0.2, 0.25) is 0 Å². The van der Waals surface area contributed by atoms with Crippen LogP contribution in [0.15, 0.2) is 42.5 Å². The van der Waals surface area contributed by atoms with Gasteiger partial charge in [0.1, 0.15) is 11.8 Å². The summed E-state index contributed by atoms with van der Waals surface area (Å²) in [4.78, 5) is 0. The maximum atomic E-state index is 9.15. The molecule has 0 aliphatic rings. The van der Waals surface area contributed by atoms with Gasteiger partial charge in [0.05, 0.1) is 18.8 Å². The Morgan fingerprint density at radius 2 is 1.85 bits per heavy atom. The number of hydrogen-bond acceptors (Lipinski definition) is 4. The van der Waals surface area contributed by atoms with Gasteiger partial charge >= 0.3 is 0 Å². The summed E-state index contributed by atoms with van der Waals surface area (Å²) >= 11 is 0. The van der Waals surface area contributed by atoms with Gasteiger partial charge < -0.3 is 14.6 Å². The van der Waals surface area contributed by atoms with Crippen LogP contribution >= 0.6 is 0 Å². The fourth-order valence-electron chi connectivity index (χ4n) is 1.78. The number of hydrogen-bond donors (Lipinski definition) is 1. The molecule has 0 radical (unpaired) electrons. The molecular formula is C16H15NO3. The summed E-state index contributed by atoms with van der Waals surface area (Å²) in [7, 11) is 0.